The monoisotopic (exact) mass is 243 g/mol. The molecule has 0 bridgehead atoms. The van der Waals surface area contributed by atoms with Gasteiger partial charge in [0.2, 0.25) is 0 Å². The van der Waals surface area contributed by atoms with Crippen LogP contribution in [0, 0.1) is 0 Å². The van der Waals surface area contributed by atoms with Crippen molar-refractivity contribution in [1.29, 1.82) is 0 Å². The van der Waals surface area contributed by atoms with Crippen molar-refractivity contribution in [3.63, 3.8) is 0 Å². The normalized spacial score (nSPS) is 19.6. The molecule has 0 aromatic heterocycles. The van der Waals surface area contributed by atoms with Crippen LogP contribution in [0.1, 0.15) is 27.2 Å². The van der Waals surface area contributed by atoms with Gasteiger partial charge in [-0.05, 0) is 31.7 Å². The maximum absolute atomic E-state index is 12.0. The van der Waals surface area contributed by atoms with E-state index in [0.29, 0.717) is 19.5 Å². The average molecular weight is 243 g/mol. The van der Waals surface area contributed by atoms with Crippen molar-refractivity contribution in [3.05, 3.63) is 0 Å². The highest BCUT2D eigenvalue weighted by Gasteiger charge is 2.51. The van der Waals surface area contributed by atoms with Crippen LogP contribution in [0.25, 0.3) is 0 Å². The Bertz CT molecular complexity index is 306. The number of rotatable bonds is 4. The maximum atomic E-state index is 12.0. The molecule has 5 nitrogen and oxygen atoms in total. The third kappa shape index (κ3) is 1.82. The van der Waals surface area contributed by atoms with Gasteiger partial charge in [-0.3, -0.25) is 14.5 Å². The molecule has 1 aliphatic rings. The Morgan fingerprint density at radius 1 is 1.12 bits per heavy atom. The minimum atomic E-state index is -1.12. The van der Waals surface area contributed by atoms with Gasteiger partial charge in [0.15, 0.2) is 10.7 Å². The van der Waals surface area contributed by atoms with Crippen molar-refractivity contribution in [3.8, 4) is 0 Å². The van der Waals surface area contributed by atoms with Crippen LogP contribution in [-0.2, 0) is 9.59 Å². The van der Waals surface area contributed by atoms with E-state index in [2.05, 4.69) is 10.6 Å². The van der Waals surface area contributed by atoms with E-state index >= 15 is 0 Å². The molecule has 0 aliphatic carbocycles. The summed E-state index contributed by atoms with van der Waals surface area (Å²) in [4.78, 5) is 25.9. The Morgan fingerprint density at radius 3 is 1.88 bits per heavy atom. The highest BCUT2D eigenvalue weighted by Crippen LogP contribution is 2.22. The van der Waals surface area contributed by atoms with E-state index in [4.69, 9.17) is 12.2 Å². The van der Waals surface area contributed by atoms with Crippen molar-refractivity contribution in [2.75, 3.05) is 13.1 Å². The lowest BCUT2D eigenvalue weighted by molar-refractivity contribution is -0.147. The first-order chi connectivity index (χ1) is 7.52. The first kappa shape index (κ1) is 13.1. The molecule has 16 heavy (non-hydrogen) atoms. The summed E-state index contributed by atoms with van der Waals surface area (Å²) >= 11 is 4.79. The van der Waals surface area contributed by atoms with Gasteiger partial charge in [0.25, 0.3) is 11.8 Å². The molecule has 0 aromatic carbocycles. The van der Waals surface area contributed by atoms with Gasteiger partial charge >= 0.3 is 0 Å². The van der Waals surface area contributed by atoms with Crippen LogP contribution in [0.3, 0.4) is 0 Å². The van der Waals surface area contributed by atoms with E-state index in [-0.39, 0.29) is 16.9 Å². The lowest BCUT2D eigenvalue weighted by Gasteiger charge is -2.42. The first-order valence-corrected chi connectivity index (χ1v) is 5.85. The predicted octanol–water partition coefficient (Wildman–Crippen LogP) is 0.00790. The zero-order valence-electron chi connectivity index (χ0n) is 9.79. The SMILES string of the molecule is CCN(CC)C1(CC)C(=O)NC(=S)NC1=O. The zero-order valence-corrected chi connectivity index (χ0v) is 10.6. The number of thiocarbonyl (C=S) groups is 1. The molecule has 0 spiro atoms. The molecule has 6 heteroatoms. The molecule has 0 saturated carbocycles. The van der Waals surface area contributed by atoms with Crippen LogP contribution < -0.4 is 10.6 Å². The van der Waals surface area contributed by atoms with Crippen LogP contribution in [0.4, 0.5) is 0 Å². The number of carbonyl (C=O) groups excluding carboxylic acids is 2. The van der Waals surface area contributed by atoms with Gasteiger partial charge in [-0.15, -0.1) is 0 Å². The maximum Gasteiger partial charge on any atom is 0.256 e. The number of carbonyl (C=O) groups is 2. The van der Waals surface area contributed by atoms with Gasteiger partial charge < -0.3 is 10.6 Å². The Balaban J connectivity index is 3.14. The number of nitrogens with one attached hydrogen (secondary N) is 2. The molecule has 0 aromatic rings. The summed E-state index contributed by atoms with van der Waals surface area (Å²) in [7, 11) is 0. The smallest absolute Gasteiger partial charge is 0.256 e. The summed E-state index contributed by atoms with van der Waals surface area (Å²) in [5.41, 5.74) is -1.12. The van der Waals surface area contributed by atoms with Crippen molar-refractivity contribution < 1.29 is 9.59 Å². The second kappa shape index (κ2) is 4.88. The van der Waals surface area contributed by atoms with Crippen LogP contribution >= 0.6 is 12.2 Å². The van der Waals surface area contributed by atoms with Crippen molar-refractivity contribution >= 4 is 29.1 Å². The molecular formula is C10H17N3O2S. The predicted molar refractivity (Wildman–Crippen MR) is 64.8 cm³/mol. The van der Waals surface area contributed by atoms with E-state index in [1.807, 2.05) is 25.7 Å². The number of hydrogen-bond acceptors (Lipinski definition) is 4. The lowest BCUT2D eigenvalue weighted by atomic mass is 9.90. The highest BCUT2D eigenvalue weighted by atomic mass is 32.1. The summed E-state index contributed by atoms with van der Waals surface area (Å²) in [6.45, 7) is 6.95. The minimum Gasteiger partial charge on any atom is -0.301 e. The van der Waals surface area contributed by atoms with Crippen LogP contribution in [0.15, 0.2) is 0 Å². The summed E-state index contributed by atoms with van der Waals surface area (Å²) in [6.07, 6.45) is 0.426. The molecule has 1 heterocycles. The number of amides is 2. The molecule has 1 fully saturated rings. The number of hydrogen-bond donors (Lipinski definition) is 2. The van der Waals surface area contributed by atoms with Gasteiger partial charge in [0.05, 0.1) is 0 Å². The van der Waals surface area contributed by atoms with Crippen LogP contribution in [0.5, 0.6) is 0 Å². The Morgan fingerprint density at radius 2 is 1.56 bits per heavy atom. The van der Waals surface area contributed by atoms with Gasteiger partial charge in [-0.1, -0.05) is 20.8 Å². The third-order valence-corrected chi connectivity index (χ3v) is 3.22. The molecular weight excluding hydrogens is 226 g/mol. The summed E-state index contributed by atoms with van der Waals surface area (Å²) < 4.78 is 0. The molecule has 2 amide bonds. The fourth-order valence-corrected chi connectivity index (χ4v) is 2.33. The van der Waals surface area contributed by atoms with Gasteiger partial charge in [-0.2, -0.15) is 0 Å². The molecule has 0 atom stereocenters. The van der Waals surface area contributed by atoms with Crippen molar-refractivity contribution in [2.45, 2.75) is 32.7 Å². The summed E-state index contributed by atoms with van der Waals surface area (Å²) in [6, 6.07) is 0. The second-order valence-corrected chi connectivity index (χ2v) is 4.03. The van der Waals surface area contributed by atoms with Gasteiger partial charge in [0.1, 0.15) is 0 Å². The topological polar surface area (TPSA) is 61.4 Å². The fourth-order valence-electron chi connectivity index (χ4n) is 2.14. The molecule has 1 aliphatic heterocycles. The van der Waals surface area contributed by atoms with Gasteiger partial charge in [-0.25, -0.2) is 0 Å². The molecule has 1 saturated heterocycles. The highest BCUT2D eigenvalue weighted by molar-refractivity contribution is 7.80. The molecule has 1 rings (SSSR count). The van der Waals surface area contributed by atoms with Crippen LogP contribution in [-0.4, -0.2) is 40.5 Å². The number of nitrogens with zero attached hydrogens (tertiary/aromatic N) is 1. The third-order valence-electron chi connectivity index (χ3n) is 3.02. The Labute approximate surface area is 101 Å². The minimum absolute atomic E-state index is 0.0891. The van der Waals surface area contributed by atoms with E-state index in [1.54, 1.807) is 0 Å². The van der Waals surface area contributed by atoms with E-state index in [9.17, 15) is 9.59 Å². The largest absolute Gasteiger partial charge is 0.301 e. The van der Waals surface area contributed by atoms with E-state index in [0.717, 1.165) is 0 Å². The van der Waals surface area contributed by atoms with E-state index in [1.165, 1.54) is 0 Å². The van der Waals surface area contributed by atoms with Gasteiger partial charge in [0, 0.05) is 0 Å². The van der Waals surface area contributed by atoms with Crippen LogP contribution in [0.2, 0.25) is 0 Å². The standard InChI is InChI=1S/C10H17N3O2S/c1-4-10(13(5-2)6-3)7(14)11-9(16)12-8(10)15/h4-6H2,1-3H3,(H2,11,12,14,15,16). The van der Waals surface area contributed by atoms with E-state index < -0.39 is 5.54 Å². The fraction of sp³-hybridized carbons (Fsp3) is 0.700. The Kier molecular flexibility index (Phi) is 3.98. The second-order valence-electron chi connectivity index (χ2n) is 3.62. The summed E-state index contributed by atoms with van der Waals surface area (Å²) in [5.74, 6) is -0.653. The zero-order chi connectivity index (χ0) is 12.3. The molecule has 2 N–H and O–H groups in total. The number of likely N-dealkylation sites (N-methyl/N-ethyl adjacent to an activating group) is 1. The Hall–Kier alpha value is -1.01. The first-order valence-electron chi connectivity index (χ1n) is 5.44. The van der Waals surface area contributed by atoms with Crippen molar-refractivity contribution in [2.24, 2.45) is 0 Å². The lowest BCUT2D eigenvalue weighted by Crippen LogP contribution is -2.72. The average Bonchev–Trinajstić information content (AvgIpc) is 2.23. The molecule has 0 unspecified atom stereocenters. The van der Waals surface area contributed by atoms with Crippen molar-refractivity contribution in [1.82, 2.24) is 15.5 Å². The molecule has 0 radical (unpaired) electrons. The summed E-state index contributed by atoms with van der Waals surface area (Å²) in [5, 5.41) is 5.13. The molecule has 90 valence electrons. The quantitative estimate of drug-likeness (QED) is 0.539.